The van der Waals surface area contributed by atoms with Gasteiger partial charge in [-0.3, -0.25) is 0 Å². The van der Waals surface area contributed by atoms with Gasteiger partial charge in [-0.15, -0.1) is 0 Å². The summed E-state index contributed by atoms with van der Waals surface area (Å²) >= 11 is 0. The third-order valence-corrected chi connectivity index (χ3v) is 5.53. The molecular weight excluding hydrogens is 314 g/mol. The monoisotopic (exact) mass is 339 g/mol. The minimum Gasteiger partial charge on any atom is -0.333 e. The van der Waals surface area contributed by atoms with Gasteiger partial charge in [0.15, 0.2) is 0 Å². The quantitative estimate of drug-likeness (QED) is 0.893. The highest BCUT2D eigenvalue weighted by molar-refractivity contribution is 7.89. The van der Waals surface area contributed by atoms with Crippen molar-refractivity contribution < 1.29 is 13.2 Å². The highest BCUT2D eigenvalue weighted by Crippen LogP contribution is 2.18. The number of aryl methyl sites for hydroxylation is 1. The van der Waals surface area contributed by atoms with Crippen molar-refractivity contribution in [3.8, 4) is 0 Å². The fourth-order valence-electron chi connectivity index (χ4n) is 2.46. The summed E-state index contributed by atoms with van der Waals surface area (Å²) < 4.78 is 26.8. The molecule has 23 heavy (non-hydrogen) atoms. The standard InChI is InChI=1S/C16H25N3O3S/c1-13-6-5-7-14(12-13)23(21,22)19-10-8-18(9-11-19)15(20)17-16(2,3)4/h5-7,12H,8-11H2,1-4H3,(H,17,20). The van der Waals surface area contributed by atoms with Crippen molar-refractivity contribution in [2.24, 2.45) is 0 Å². The first-order valence-corrected chi connectivity index (χ1v) is 9.17. The lowest BCUT2D eigenvalue weighted by Gasteiger charge is -2.35. The molecule has 2 amide bonds. The van der Waals surface area contributed by atoms with Crippen molar-refractivity contribution in [3.63, 3.8) is 0 Å². The minimum absolute atomic E-state index is 0.148. The van der Waals surface area contributed by atoms with Crippen LogP contribution in [0.3, 0.4) is 0 Å². The van der Waals surface area contributed by atoms with Gasteiger partial charge in [0.05, 0.1) is 4.90 Å². The van der Waals surface area contributed by atoms with Gasteiger partial charge in [0.2, 0.25) is 10.0 Å². The molecule has 0 saturated carbocycles. The fourth-order valence-corrected chi connectivity index (χ4v) is 3.98. The largest absolute Gasteiger partial charge is 0.333 e. The van der Waals surface area contributed by atoms with Gasteiger partial charge in [-0.2, -0.15) is 4.31 Å². The van der Waals surface area contributed by atoms with E-state index in [0.29, 0.717) is 31.1 Å². The number of hydrogen-bond acceptors (Lipinski definition) is 3. The number of benzene rings is 1. The van der Waals surface area contributed by atoms with Crippen LogP contribution in [-0.4, -0.2) is 55.4 Å². The number of piperazine rings is 1. The molecular formula is C16H25N3O3S. The van der Waals surface area contributed by atoms with Gasteiger partial charge in [-0.1, -0.05) is 12.1 Å². The molecule has 0 unspecified atom stereocenters. The molecule has 1 saturated heterocycles. The van der Waals surface area contributed by atoms with Crippen LogP contribution in [0.15, 0.2) is 29.2 Å². The molecule has 7 heteroatoms. The van der Waals surface area contributed by atoms with Crippen LogP contribution in [-0.2, 0) is 10.0 Å². The molecule has 128 valence electrons. The van der Waals surface area contributed by atoms with Crippen LogP contribution in [0.4, 0.5) is 4.79 Å². The van der Waals surface area contributed by atoms with Gasteiger partial charge in [0.1, 0.15) is 0 Å². The number of hydrogen-bond donors (Lipinski definition) is 1. The van der Waals surface area contributed by atoms with E-state index in [9.17, 15) is 13.2 Å². The number of carbonyl (C=O) groups is 1. The maximum atomic E-state index is 12.7. The normalized spacial score (nSPS) is 17.1. The zero-order valence-electron chi connectivity index (χ0n) is 14.2. The van der Waals surface area contributed by atoms with Gasteiger partial charge in [0.25, 0.3) is 0 Å². The molecule has 1 aliphatic heterocycles. The Morgan fingerprint density at radius 2 is 1.74 bits per heavy atom. The minimum atomic E-state index is -3.49. The van der Waals surface area contributed by atoms with Gasteiger partial charge in [0, 0.05) is 31.7 Å². The average Bonchev–Trinajstić information content (AvgIpc) is 2.45. The summed E-state index contributed by atoms with van der Waals surface area (Å²) in [5.74, 6) is 0. The van der Waals surface area contributed by atoms with Crippen LogP contribution in [0, 0.1) is 6.92 Å². The van der Waals surface area contributed by atoms with E-state index in [1.807, 2.05) is 33.8 Å². The third kappa shape index (κ3) is 4.45. The molecule has 1 aromatic carbocycles. The summed E-state index contributed by atoms with van der Waals surface area (Å²) in [7, 11) is -3.49. The lowest BCUT2D eigenvalue weighted by molar-refractivity contribution is 0.165. The highest BCUT2D eigenvalue weighted by Gasteiger charge is 2.30. The Hall–Kier alpha value is -1.60. The van der Waals surface area contributed by atoms with Gasteiger partial charge >= 0.3 is 6.03 Å². The van der Waals surface area contributed by atoms with Gasteiger partial charge < -0.3 is 10.2 Å². The molecule has 0 aromatic heterocycles. The first-order chi connectivity index (χ1) is 10.6. The molecule has 0 spiro atoms. The van der Waals surface area contributed by atoms with Crippen molar-refractivity contribution in [3.05, 3.63) is 29.8 Å². The lowest BCUT2D eigenvalue weighted by Crippen LogP contribution is -2.55. The van der Waals surface area contributed by atoms with E-state index < -0.39 is 10.0 Å². The average molecular weight is 339 g/mol. The summed E-state index contributed by atoms with van der Waals surface area (Å²) in [5.41, 5.74) is 0.608. The molecule has 0 aliphatic carbocycles. The van der Waals surface area contributed by atoms with E-state index in [-0.39, 0.29) is 11.6 Å². The SMILES string of the molecule is Cc1cccc(S(=O)(=O)N2CCN(C(=O)NC(C)(C)C)CC2)c1. The Labute approximate surface area is 138 Å². The van der Waals surface area contributed by atoms with E-state index >= 15 is 0 Å². The zero-order valence-corrected chi connectivity index (χ0v) is 15.0. The Bertz CT molecular complexity index is 672. The zero-order chi connectivity index (χ0) is 17.3. The van der Waals surface area contributed by atoms with Crippen LogP contribution in [0.2, 0.25) is 0 Å². The third-order valence-electron chi connectivity index (χ3n) is 3.64. The number of carbonyl (C=O) groups excluding carboxylic acids is 1. The number of nitrogens with zero attached hydrogens (tertiary/aromatic N) is 2. The Balaban J connectivity index is 2.03. The van der Waals surface area contributed by atoms with Crippen molar-refractivity contribution in [1.82, 2.24) is 14.5 Å². The van der Waals surface area contributed by atoms with Crippen molar-refractivity contribution in [2.75, 3.05) is 26.2 Å². The Kier molecular flexibility index (Phi) is 5.01. The van der Waals surface area contributed by atoms with E-state index in [2.05, 4.69) is 5.32 Å². The Morgan fingerprint density at radius 1 is 1.13 bits per heavy atom. The van der Waals surface area contributed by atoms with Gasteiger partial charge in [-0.25, -0.2) is 13.2 Å². The second-order valence-corrected chi connectivity index (χ2v) is 8.83. The molecule has 0 atom stereocenters. The topological polar surface area (TPSA) is 69.7 Å². The van der Waals surface area contributed by atoms with E-state index in [0.717, 1.165) is 5.56 Å². The second-order valence-electron chi connectivity index (χ2n) is 6.89. The van der Waals surface area contributed by atoms with E-state index in [1.165, 1.54) is 4.31 Å². The molecule has 0 radical (unpaired) electrons. The first kappa shape index (κ1) is 17.7. The van der Waals surface area contributed by atoms with Crippen LogP contribution in [0.5, 0.6) is 0 Å². The summed E-state index contributed by atoms with van der Waals surface area (Å²) in [6.45, 7) is 9.05. The van der Waals surface area contributed by atoms with Crippen LogP contribution in [0.1, 0.15) is 26.3 Å². The Morgan fingerprint density at radius 3 is 2.26 bits per heavy atom. The highest BCUT2D eigenvalue weighted by atomic mass is 32.2. The molecule has 0 bridgehead atoms. The first-order valence-electron chi connectivity index (χ1n) is 7.73. The molecule has 2 rings (SSSR count). The molecule has 6 nitrogen and oxygen atoms in total. The van der Waals surface area contributed by atoms with E-state index in [1.54, 1.807) is 23.1 Å². The summed E-state index contributed by atoms with van der Waals surface area (Å²) in [5, 5.41) is 2.90. The molecule has 1 aromatic rings. The predicted molar refractivity (Wildman–Crippen MR) is 89.8 cm³/mol. The maximum Gasteiger partial charge on any atom is 0.317 e. The molecule has 1 aliphatic rings. The second kappa shape index (κ2) is 6.49. The molecule has 1 N–H and O–H groups in total. The number of amides is 2. The molecule has 1 heterocycles. The van der Waals surface area contributed by atoms with Crippen molar-refractivity contribution in [1.29, 1.82) is 0 Å². The summed E-state index contributed by atoms with van der Waals surface area (Å²) in [6.07, 6.45) is 0. The fraction of sp³-hybridized carbons (Fsp3) is 0.562. The van der Waals surface area contributed by atoms with E-state index in [4.69, 9.17) is 0 Å². The van der Waals surface area contributed by atoms with Crippen molar-refractivity contribution in [2.45, 2.75) is 38.1 Å². The van der Waals surface area contributed by atoms with Gasteiger partial charge in [-0.05, 0) is 45.4 Å². The van der Waals surface area contributed by atoms with Crippen LogP contribution >= 0.6 is 0 Å². The molecule has 1 fully saturated rings. The van der Waals surface area contributed by atoms with Crippen molar-refractivity contribution >= 4 is 16.1 Å². The maximum absolute atomic E-state index is 12.7. The summed E-state index contributed by atoms with van der Waals surface area (Å²) in [6, 6.07) is 6.75. The number of rotatable bonds is 2. The lowest BCUT2D eigenvalue weighted by atomic mass is 10.1. The van der Waals surface area contributed by atoms with Crippen LogP contribution in [0.25, 0.3) is 0 Å². The predicted octanol–water partition coefficient (Wildman–Crippen LogP) is 1.81. The number of sulfonamides is 1. The van der Waals surface area contributed by atoms with Crippen LogP contribution < -0.4 is 5.32 Å². The number of nitrogens with one attached hydrogen (secondary N) is 1. The smallest absolute Gasteiger partial charge is 0.317 e. The number of urea groups is 1. The summed E-state index contributed by atoms with van der Waals surface area (Å²) in [4.78, 5) is 14.1.